The monoisotopic (exact) mass is 348 g/mol. The molecule has 108 valence electrons. The van der Waals surface area contributed by atoms with Crippen molar-refractivity contribution in [3.8, 4) is 23.0 Å². The molecule has 0 bridgehead atoms. The van der Waals surface area contributed by atoms with Crippen LogP contribution in [0, 0.1) is 0 Å². The summed E-state index contributed by atoms with van der Waals surface area (Å²) in [4.78, 5) is 0. The van der Waals surface area contributed by atoms with E-state index in [0.717, 1.165) is 0 Å². The van der Waals surface area contributed by atoms with E-state index < -0.39 is 0 Å². The van der Waals surface area contributed by atoms with E-state index in [0.29, 0.717) is 23.0 Å². The summed E-state index contributed by atoms with van der Waals surface area (Å²) < 4.78 is 19.7. The van der Waals surface area contributed by atoms with E-state index in [2.05, 4.69) is 37.9 Å². The van der Waals surface area contributed by atoms with Gasteiger partial charge in [0.25, 0.3) is 0 Å². The van der Waals surface area contributed by atoms with E-state index in [1.807, 2.05) is 48.5 Å². The van der Waals surface area contributed by atoms with E-state index in [1.54, 1.807) is 0 Å². The number of hydrogen-bond acceptors (Lipinski definition) is 4. The van der Waals surface area contributed by atoms with Crippen LogP contribution in [0.3, 0.4) is 0 Å². The molecule has 0 aliphatic heterocycles. The van der Waals surface area contributed by atoms with Gasteiger partial charge in [-0.25, -0.2) is 0 Å². The molecule has 4 nitrogen and oxygen atoms in total. The summed E-state index contributed by atoms with van der Waals surface area (Å²) in [5.74, 6) is 2.84. The Morgan fingerprint density at radius 1 is 0.450 bits per heavy atom. The highest BCUT2D eigenvalue weighted by molar-refractivity contribution is 7.11. The van der Waals surface area contributed by atoms with E-state index in [-0.39, 0.29) is 0 Å². The summed E-state index contributed by atoms with van der Waals surface area (Å²) >= 11 is 0. The smallest absolute Gasteiger partial charge is 0.164 e. The van der Waals surface area contributed by atoms with E-state index in [4.69, 9.17) is 18.1 Å². The lowest BCUT2D eigenvalue weighted by atomic mass is 10.3. The minimum Gasteiger partial charge on any atom is -0.476 e. The molecule has 0 amide bonds. The van der Waals surface area contributed by atoms with Gasteiger partial charge in [-0.3, -0.25) is 0 Å². The molecule has 2 rings (SSSR count). The van der Waals surface area contributed by atoms with E-state index in [9.17, 15) is 0 Å². The molecule has 0 saturated carbocycles. The van der Waals surface area contributed by atoms with Gasteiger partial charge in [-0.1, -0.05) is 24.3 Å². The third kappa shape index (κ3) is 5.39. The maximum atomic E-state index is 4.91. The normalized spacial score (nSPS) is 9.00. The Hall–Kier alpha value is -0.640. The highest BCUT2D eigenvalue weighted by atomic mass is 31.0. The van der Waals surface area contributed by atoms with Crippen molar-refractivity contribution >= 4 is 37.9 Å². The molecule has 0 aliphatic rings. The molecule has 0 N–H and O–H groups in total. The van der Waals surface area contributed by atoms with Gasteiger partial charge in [0.2, 0.25) is 0 Å². The molecule has 2 aromatic carbocycles. The van der Waals surface area contributed by atoms with Crippen molar-refractivity contribution in [3.63, 3.8) is 0 Å². The number of rotatable bonds is 4. The second kappa shape index (κ2) is 10.1. The summed E-state index contributed by atoms with van der Waals surface area (Å²) in [6.07, 6.45) is 0. The number of para-hydroxylation sites is 4. The molecule has 0 heterocycles. The van der Waals surface area contributed by atoms with Gasteiger partial charge in [0, 0.05) is 0 Å². The van der Waals surface area contributed by atoms with Gasteiger partial charge in [-0.15, -0.1) is 0 Å². The predicted octanol–water partition coefficient (Wildman–Crippen LogP) is 4.05. The highest BCUT2D eigenvalue weighted by Crippen LogP contribution is 2.29. The lowest BCUT2D eigenvalue weighted by molar-refractivity contribution is 0.569. The molecule has 0 fully saturated rings. The summed E-state index contributed by atoms with van der Waals surface area (Å²) in [7, 11) is 8.67. The first-order chi connectivity index (χ1) is 9.76. The van der Waals surface area contributed by atoms with Crippen LogP contribution in [0.5, 0.6) is 23.0 Å². The summed E-state index contributed by atoms with van der Waals surface area (Å²) in [5.41, 5.74) is 0. The predicted molar refractivity (Wildman–Crippen MR) is 94.2 cm³/mol. The van der Waals surface area contributed by atoms with Crippen molar-refractivity contribution in [2.24, 2.45) is 0 Å². The van der Waals surface area contributed by atoms with Crippen LogP contribution in [-0.4, -0.2) is 0 Å². The van der Waals surface area contributed by atoms with Gasteiger partial charge < -0.3 is 18.1 Å². The first-order valence-electron chi connectivity index (χ1n) is 5.41. The van der Waals surface area contributed by atoms with Crippen molar-refractivity contribution < 1.29 is 18.1 Å². The molecular weight excluding hydrogens is 332 g/mol. The lowest BCUT2D eigenvalue weighted by Gasteiger charge is -2.04. The first-order valence-corrected chi connectivity index (χ1v) is 7.30. The Morgan fingerprint density at radius 3 is 0.800 bits per heavy atom. The van der Waals surface area contributed by atoms with Crippen LogP contribution in [0.15, 0.2) is 48.5 Å². The van der Waals surface area contributed by atoms with Gasteiger partial charge in [-0.05, 0) is 24.3 Å². The zero-order valence-electron chi connectivity index (χ0n) is 10.6. The Kier molecular flexibility index (Phi) is 8.83. The molecule has 2 aromatic rings. The van der Waals surface area contributed by atoms with E-state index >= 15 is 0 Å². The van der Waals surface area contributed by atoms with Crippen LogP contribution in [0.2, 0.25) is 0 Å². The Balaban J connectivity index is 0.000000200. The molecular formula is C12H16O4P4. The van der Waals surface area contributed by atoms with Gasteiger partial charge in [0.05, 0.1) is 37.9 Å². The first kappa shape index (κ1) is 17.4. The Bertz CT molecular complexity index is 431. The summed E-state index contributed by atoms with van der Waals surface area (Å²) in [6.45, 7) is 0. The molecule has 8 heteroatoms. The van der Waals surface area contributed by atoms with Crippen LogP contribution in [-0.2, 0) is 0 Å². The molecule has 20 heavy (non-hydrogen) atoms. The molecule has 0 radical (unpaired) electrons. The summed E-state index contributed by atoms with van der Waals surface area (Å²) in [6, 6.07) is 14.8. The topological polar surface area (TPSA) is 36.9 Å². The van der Waals surface area contributed by atoms with Gasteiger partial charge in [0.15, 0.2) is 23.0 Å². The average Bonchev–Trinajstić information content (AvgIpc) is 2.55. The van der Waals surface area contributed by atoms with Crippen molar-refractivity contribution in [1.29, 1.82) is 0 Å². The zero-order chi connectivity index (χ0) is 14.8. The molecule has 0 saturated heterocycles. The fourth-order valence-electron chi connectivity index (χ4n) is 1.29. The zero-order valence-corrected chi connectivity index (χ0v) is 15.2. The molecule has 4 unspecified atom stereocenters. The molecule has 0 aliphatic carbocycles. The highest BCUT2D eigenvalue weighted by Gasteiger charge is 1.98. The van der Waals surface area contributed by atoms with Crippen molar-refractivity contribution in [2.45, 2.75) is 0 Å². The van der Waals surface area contributed by atoms with Crippen LogP contribution in [0.25, 0.3) is 0 Å². The SMILES string of the molecule is POc1ccccc1OP.POc1ccccc1OP. The lowest BCUT2D eigenvalue weighted by Crippen LogP contribution is -1.78. The van der Waals surface area contributed by atoms with Crippen LogP contribution < -0.4 is 18.1 Å². The van der Waals surface area contributed by atoms with Crippen molar-refractivity contribution in [3.05, 3.63) is 48.5 Å². The average molecular weight is 348 g/mol. The van der Waals surface area contributed by atoms with Crippen LogP contribution in [0.1, 0.15) is 0 Å². The third-order valence-electron chi connectivity index (χ3n) is 2.21. The fraction of sp³-hybridized carbons (Fsp3) is 0. The van der Waals surface area contributed by atoms with E-state index in [1.165, 1.54) is 0 Å². The number of hydrogen-bond donors (Lipinski definition) is 0. The maximum Gasteiger partial charge on any atom is 0.164 e. The fourth-order valence-corrected chi connectivity index (χ4v) is 2.07. The largest absolute Gasteiger partial charge is 0.476 e. The molecule has 0 spiro atoms. The van der Waals surface area contributed by atoms with Gasteiger partial charge in [0.1, 0.15) is 0 Å². The molecule has 0 aromatic heterocycles. The van der Waals surface area contributed by atoms with Crippen molar-refractivity contribution in [1.82, 2.24) is 0 Å². The Morgan fingerprint density at radius 2 is 0.650 bits per heavy atom. The number of benzene rings is 2. The quantitative estimate of drug-likeness (QED) is 0.782. The second-order valence-corrected chi connectivity index (χ2v) is 4.31. The van der Waals surface area contributed by atoms with Gasteiger partial charge in [-0.2, -0.15) is 0 Å². The minimum absolute atomic E-state index is 0.711. The third-order valence-corrected chi connectivity index (χ3v) is 3.22. The minimum atomic E-state index is 0.711. The standard InChI is InChI=1S/2C6H8O2P2/c2*9-7-5-3-1-2-4-6(5)8-10/h2*1-4H,9-10H2. The van der Waals surface area contributed by atoms with Crippen LogP contribution >= 0.6 is 37.9 Å². The van der Waals surface area contributed by atoms with Crippen molar-refractivity contribution in [2.75, 3.05) is 0 Å². The second-order valence-electron chi connectivity index (χ2n) is 3.36. The summed E-state index contributed by atoms with van der Waals surface area (Å²) in [5, 5.41) is 0. The van der Waals surface area contributed by atoms with Gasteiger partial charge >= 0.3 is 0 Å². The van der Waals surface area contributed by atoms with Crippen LogP contribution in [0.4, 0.5) is 0 Å². The molecule has 4 atom stereocenters. The maximum absolute atomic E-state index is 4.91. The Labute approximate surface area is 128 Å².